The fraction of sp³-hybridized carbons (Fsp3) is 0.531. The minimum atomic E-state index is -1.39. The summed E-state index contributed by atoms with van der Waals surface area (Å²) in [6.07, 6.45) is 3.42. The largest absolute Gasteiger partial charge is 0.481 e. The molecule has 7 atom stereocenters. The molecule has 3 heterocycles. The second kappa shape index (κ2) is 24.3. The number of H-pyrrole nitrogens is 1. The molecule has 2 aliphatic rings. The van der Waals surface area contributed by atoms with E-state index in [4.69, 9.17) is 10.5 Å². The number of amides is 8. The van der Waals surface area contributed by atoms with E-state index >= 15 is 0 Å². The van der Waals surface area contributed by atoms with Gasteiger partial charge < -0.3 is 56.9 Å². The molecular weight excluding hydrogens is 891 g/mol. The van der Waals surface area contributed by atoms with Crippen molar-refractivity contribution >= 4 is 64.3 Å². The highest BCUT2D eigenvalue weighted by Crippen LogP contribution is 2.27. The van der Waals surface area contributed by atoms with Gasteiger partial charge in [0.25, 0.3) is 0 Å². The van der Waals surface area contributed by atoms with Crippen LogP contribution in [-0.4, -0.2) is 134 Å². The zero-order valence-electron chi connectivity index (χ0n) is 40.0. The number of aliphatic carboxylic acids is 1. The first-order valence-corrected chi connectivity index (χ1v) is 23.7. The third-order valence-corrected chi connectivity index (χ3v) is 12.2. The summed E-state index contributed by atoms with van der Waals surface area (Å²) in [6.45, 7) is 8.63. The molecule has 0 aliphatic carbocycles. The Kier molecular flexibility index (Phi) is 18.7. The highest BCUT2D eigenvalue weighted by Gasteiger charge is 2.44. The van der Waals surface area contributed by atoms with Gasteiger partial charge in [-0.25, -0.2) is 4.79 Å². The number of primary amides is 1. The third kappa shape index (κ3) is 15.0. The molecule has 2 aliphatic heterocycles. The minimum Gasteiger partial charge on any atom is -0.481 e. The molecule has 69 heavy (non-hydrogen) atoms. The number of benzene rings is 2. The monoisotopic (exact) mass is 957 g/mol. The van der Waals surface area contributed by atoms with E-state index in [1.165, 1.54) is 16.7 Å². The Labute approximate surface area is 401 Å². The molecule has 8 amide bonds. The average molecular weight is 958 g/mol. The zero-order valence-corrected chi connectivity index (χ0v) is 40.0. The van der Waals surface area contributed by atoms with Gasteiger partial charge in [0.2, 0.25) is 41.4 Å². The van der Waals surface area contributed by atoms with Crippen molar-refractivity contribution in [2.75, 3.05) is 13.1 Å². The number of carboxylic acid groups (broad SMARTS) is 1. The maximum absolute atomic E-state index is 14.8. The Balaban J connectivity index is 1.38. The number of aromatic amines is 1. The first kappa shape index (κ1) is 53.0. The van der Waals surface area contributed by atoms with Gasteiger partial charge in [-0.15, -0.1) is 0 Å². The van der Waals surface area contributed by atoms with Gasteiger partial charge in [0, 0.05) is 49.5 Å². The van der Waals surface area contributed by atoms with E-state index in [2.05, 4.69) is 31.6 Å². The van der Waals surface area contributed by atoms with Gasteiger partial charge in [-0.1, -0.05) is 68.3 Å². The summed E-state index contributed by atoms with van der Waals surface area (Å²) in [5, 5.41) is 23.3. The van der Waals surface area contributed by atoms with Crippen molar-refractivity contribution in [3.63, 3.8) is 0 Å². The smallest absolute Gasteiger partial charge is 0.408 e. The van der Waals surface area contributed by atoms with Crippen LogP contribution >= 0.6 is 0 Å². The van der Waals surface area contributed by atoms with Crippen LogP contribution < -0.4 is 32.3 Å². The summed E-state index contributed by atoms with van der Waals surface area (Å²) in [7, 11) is 0. The number of aromatic nitrogens is 1. The SMILES string of the molecule is CCCC[C@H](NC(=O)[C@@H]1CCCN1C(=O)[C@H]1CCCN1C(=O)[C@H](Cc1ccccc1)NC(=O)[C@@H](Cc1c[nH]c2ccccc12)NC(=O)[C@H](C)NC(=O)[C@H](CCC(=O)O)NC(=O)OC(C)(C)C)C(N)=O. The van der Waals surface area contributed by atoms with Crippen LogP contribution in [0.5, 0.6) is 0 Å². The number of ether oxygens (including phenoxy) is 1. The van der Waals surface area contributed by atoms with Crippen LogP contribution in [0.15, 0.2) is 60.8 Å². The van der Waals surface area contributed by atoms with E-state index in [-0.39, 0.29) is 32.4 Å². The lowest BCUT2D eigenvalue weighted by molar-refractivity contribution is -0.148. The first-order chi connectivity index (χ1) is 32.8. The summed E-state index contributed by atoms with van der Waals surface area (Å²) in [6, 6.07) is 8.38. The molecule has 20 heteroatoms. The predicted octanol–water partition coefficient (Wildman–Crippen LogP) is 2.33. The average Bonchev–Trinajstić information content (AvgIpc) is 4.09. The lowest BCUT2D eigenvalue weighted by Gasteiger charge is -2.33. The molecule has 9 N–H and O–H groups in total. The van der Waals surface area contributed by atoms with Gasteiger partial charge in [0.05, 0.1) is 0 Å². The van der Waals surface area contributed by atoms with E-state index in [9.17, 15) is 48.3 Å². The number of hydrogen-bond acceptors (Lipinski definition) is 10. The topological polar surface area (TPSA) is 292 Å². The maximum Gasteiger partial charge on any atom is 0.408 e. The summed E-state index contributed by atoms with van der Waals surface area (Å²) in [4.78, 5) is 127. The second-order valence-electron chi connectivity index (χ2n) is 18.7. The number of carbonyl (C=O) groups excluding carboxylic acids is 8. The lowest BCUT2D eigenvalue weighted by atomic mass is 10.0. The number of carbonyl (C=O) groups is 9. The quantitative estimate of drug-likeness (QED) is 0.0723. The van der Waals surface area contributed by atoms with Crippen molar-refractivity contribution in [1.29, 1.82) is 0 Å². The van der Waals surface area contributed by atoms with E-state index < -0.39 is 108 Å². The number of alkyl carbamates (subject to hydrolysis) is 1. The number of para-hydroxylation sites is 1. The van der Waals surface area contributed by atoms with Gasteiger partial charge in [0.15, 0.2) is 0 Å². The number of nitrogens with zero attached hydrogens (tertiary/aromatic N) is 2. The molecule has 0 unspecified atom stereocenters. The molecule has 0 radical (unpaired) electrons. The molecule has 1 aromatic heterocycles. The van der Waals surface area contributed by atoms with Crippen molar-refractivity contribution in [3.8, 4) is 0 Å². The molecule has 2 fully saturated rings. The van der Waals surface area contributed by atoms with Gasteiger partial charge in [0.1, 0.15) is 47.9 Å². The van der Waals surface area contributed by atoms with Crippen LogP contribution in [0.3, 0.4) is 0 Å². The van der Waals surface area contributed by atoms with Crippen LogP contribution in [0.1, 0.15) is 104 Å². The highest BCUT2D eigenvalue weighted by molar-refractivity contribution is 5.98. The van der Waals surface area contributed by atoms with Crippen molar-refractivity contribution < 1.29 is 53.0 Å². The van der Waals surface area contributed by atoms with Crippen molar-refractivity contribution in [2.24, 2.45) is 5.73 Å². The Bertz CT molecular complexity index is 2330. The van der Waals surface area contributed by atoms with Crippen LogP contribution in [0.4, 0.5) is 4.79 Å². The molecular formula is C49H67N9O11. The number of rotatable bonds is 22. The van der Waals surface area contributed by atoms with Crippen LogP contribution in [0.25, 0.3) is 10.9 Å². The number of likely N-dealkylation sites (tertiary alicyclic amines) is 2. The Hall–Kier alpha value is -6.99. The third-order valence-electron chi connectivity index (χ3n) is 12.2. The lowest BCUT2D eigenvalue weighted by Crippen LogP contribution is -2.60. The molecule has 0 spiro atoms. The number of hydrogen-bond donors (Lipinski definition) is 8. The summed E-state index contributed by atoms with van der Waals surface area (Å²) in [5.41, 5.74) is 6.80. The van der Waals surface area contributed by atoms with Crippen LogP contribution in [-0.2, 0) is 55.9 Å². The predicted molar refractivity (Wildman–Crippen MR) is 254 cm³/mol. The van der Waals surface area contributed by atoms with Gasteiger partial charge in [-0.05, 0) is 83.4 Å². The van der Waals surface area contributed by atoms with Crippen LogP contribution in [0.2, 0.25) is 0 Å². The first-order valence-electron chi connectivity index (χ1n) is 23.7. The van der Waals surface area contributed by atoms with Crippen molar-refractivity contribution in [2.45, 2.75) is 153 Å². The normalized spacial score (nSPS) is 18.0. The number of unbranched alkanes of at least 4 members (excludes halogenated alkanes) is 1. The van der Waals surface area contributed by atoms with Gasteiger partial charge in [-0.2, -0.15) is 0 Å². The zero-order chi connectivity index (χ0) is 50.4. The summed E-state index contributed by atoms with van der Waals surface area (Å²) < 4.78 is 5.26. The minimum absolute atomic E-state index is 0.0203. The number of carboxylic acids is 1. The maximum atomic E-state index is 14.8. The van der Waals surface area contributed by atoms with E-state index in [0.717, 1.165) is 17.3 Å². The Morgan fingerprint density at radius 1 is 0.754 bits per heavy atom. The molecule has 2 saturated heterocycles. The van der Waals surface area contributed by atoms with E-state index in [0.29, 0.717) is 49.7 Å². The van der Waals surface area contributed by atoms with Crippen LogP contribution in [0, 0.1) is 0 Å². The fourth-order valence-electron chi connectivity index (χ4n) is 8.66. The summed E-state index contributed by atoms with van der Waals surface area (Å²) >= 11 is 0. The highest BCUT2D eigenvalue weighted by atomic mass is 16.6. The summed E-state index contributed by atoms with van der Waals surface area (Å²) in [5.74, 6) is -5.73. The Morgan fingerprint density at radius 2 is 1.39 bits per heavy atom. The molecule has 0 bridgehead atoms. The number of nitrogens with two attached hydrogens (primary N) is 1. The molecule has 374 valence electrons. The second-order valence-corrected chi connectivity index (χ2v) is 18.7. The van der Waals surface area contributed by atoms with Gasteiger partial charge in [-0.3, -0.25) is 38.4 Å². The van der Waals surface area contributed by atoms with Crippen molar-refractivity contribution in [1.82, 2.24) is 41.4 Å². The van der Waals surface area contributed by atoms with E-state index in [1.807, 2.05) is 31.2 Å². The molecule has 5 rings (SSSR count). The molecule has 2 aromatic carbocycles. The Morgan fingerprint density at radius 3 is 2.06 bits per heavy atom. The van der Waals surface area contributed by atoms with Crippen molar-refractivity contribution in [3.05, 3.63) is 71.9 Å². The molecule has 3 aromatic rings. The van der Waals surface area contributed by atoms with Gasteiger partial charge >= 0.3 is 12.1 Å². The standard InChI is InChI=1S/C49H67N9O11/c1-6-7-18-34(41(50)61)53-45(65)38-20-13-24-57(38)47(67)39-21-14-25-58(39)46(66)37(26-30-15-9-8-10-16-30)55-44(64)36(27-31-28-51-33-19-12-11-17-32(31)33)54-42(62)29(2)52-43(63)35(22-23-40(59)60)56-48(68)69-49(3,4)5/h8-12,15-17,19,28-29,34-39,51H,6-7,13-14,18,20-27H2,1-5H3,(H2,50,61)(H,52,63)(H,53,65)(H,54,62)(H,55,64)(H,56,68)(H,59,60)/t29-,34-,35-,36+,37-,38-,39+/m0/s1. The molecule has 20 nitrogen and oxygen atoms in total. The number of fused-ring (bicyclic) bond motifs is 1. The number of nitrogens with one attached hydrogen (secondary N) is 6. The van der Waals surface area contributed by atoms with E-state index in [1.54, 1.807) is 57.3 Å². The fourth-order valence-corrected chi connectivity index (χ4v) is 8.66. The molecule has 0 saturated carbocycles.